The summed E-state index contributed by atoms with van der Waals surface area (Å²) in [6, 6.07) is 10.4. The Morgan fingerprint density at radius 1 is 1.38 bits per heavy atom. The van der Waals surface area contributed by atoms with E-state index in [0.717, 1.165) is 6.42 Å². The molecule has 0 bridgehead atoms. The van der Waals surface area contributed by atoms with Crippen molar-refractivity contribution in [1.29, 1.82) is 0 Å². The molecule has 0 fully saturated rings. The summed E-state index contributed by atoms with van der Waals surface area (Å²) in [5.74, 6) is -0.289. The number of ether oxygens (including phenoxy) is 1. The molecule has 0 aromatic heterocycles. The summed E-state index contributed by atoms with van der Waals surface area (Å²) in [4.78, 5) is 12.1. The molecule has 1 atom stereocenters. The summed E-state index contributed by atoms with van der Waals surface area (Å²) in [6.45, 7) is 6.17. The lowest BCUT2D eigenvalue weighted by Gasteiger charge is -2.38. The summed E-state index contributed by atoms with van der Waals surface area (Å²) < 4.78 is 5.14. The topological polar surface area (TPSA) is 64.3 Å². The second kappa shape index (κ2) is 6.31. The van der Waals surface area contributed by atoms with Crippen LogP contribution in [0, 0.1) is 0 Å². The molecular formula is C17H24N2O2. The molecule has 21 heavy (non-hydrogen) atoms. The van der Waals surface area contributed by atoms with Gasteiger partial charge in [-0.3, -0.25) is 0 Å². The van der Waals surface area contributed by atoms with E-state index < -0.39 is 5.54 Å². The third-order valence-electron chi connectivity index (χ3n) is 3.86. The molecule has 1 aliphatic heterocycles. The monoisotopic (exact) mass is 288 g/mol. The molecule has 1 aliphatic rings. The van der Waals surface area contributed by atoms with E-state index >= 15 is 0 Å². The smallest absolute Gasteiger partial charge is 0.335 e. The number of nitrogens with two attached hydrogens (primary N) is 1. The molecule has 0 radical (unpaired) electrons. The molecular weight excluding hydrogens is 264 g/mol. The van der Waals surface area contributed by atoms with Crippen LogP contribution in [0.1, 0.15) is 32.8 Å². The first-order valence-corrected chi connectivity index (χ1v) is 7.42. The Bertz CT molecular complexity index is 535. The first-order chi connectivity index (χ1) is 9.94. The first-order valence-electron chi connectivity index (χ1n) is 7.42. The van der Waals surface area contributed by atoms with Gasteiger partial charge in [-0.2, -0.15) is 0 Å². The number of hydrogen-bond donors (Lipinski definition) is 2. The van der Waals surface area contributed by atoms with Gasteiger partial charge in [0.25, 0.3) is 0 Å². The lowest BCUT2D eigenvalue weighted by molar-refractivity contribution is -0.139. The van der Waals surface area contributed by atoms with Crippen molar-refractivity contribution in [3.05, 3.63) is 47.2 Å². The molecule has 1 aromatic carbocycles. The molecule has 4 heteroatoms. The summed E-state index contributed by atoms with van der Waals surface area (Å²) in [5, 5.41) is 3.53. The summed E-state index contributed by atoms with van der Waals surface area (Å²) in [6.07, 6.45) is 1.46. The number of carbonyl (C=O) groups excluding carboxylic acids is 1. The molecule has 1 heterocycles. The minimum Gasteiger partial charge on any atom is -0.463 e. The lowest BCUT2D eigenvalue weighted by Crippen LogP contribution is -2.54. The first kappa shape index (κ1) is 15.6. The zero-order chi connectivity index (χ0) is 15.5. The van der Waals surface area contributed by atoms with Crippen molar-refractivity contribution in [3.8, 4) is 0 Å². The minimum absolute atomic E-state index is 0.175. The number of carbonyl (C=O) groups is 1. The Kier molecular flexibility index (Phi) is 4.68. The van der Waals surface area contributed by atoms with Gasteiger partial charge in [-0.15, -0.1) is 0 Å². The lowest BCUT2D eigenvalue weighted by atomic mass is 9.85. The number of esters is 1. The minimum atomic E-state index is -0.403. The van der Waals surface area contributed by atoms with Crippen LogP contribution >= 0.6 is 0 Å². The highest BCUT2D eigenvalue weighted by molar-refractivity contribution is 5.90. The van der Waals surface area contributed by atoms with Gasteiger partial charge in [0.2, 0.25) is 0 Å². The van der Waals surface area contributed by atoms with Gasteiger partial charge in [0.05, 0.1) is 17.7 Å². The summed E-state index contributed by atoms with van der Waals surface area (Å²) >= 11 is 0. The Hall–Kier alpha value is -1.81. The predicted molar refractivity (Wildman–Crippen MR) is 83.6 cm³/mol. The highest BCUT2D eigenvalue weighted by atomic mass is 16.5. The van der Waals surface area contributed by atoms with Gasteiger partial charge in [-0.1, -0.05) is 30.3 Å². The third kappa shape index (κ3) is 3.64. The molecule has 3 N–H and O–H groups in total. The van der Waals surface area contributed by atoms with Gasteiger partial charge in [0.1, 0.15) is 0 Å². The molecule has 0 amide bonds. The average molecular weight is 288 g/mol. The second-order valence-corrected chi connectivity index (χ2v) is 5.97. The standard InChI is InChI=1S/C17H24N2O2/c1-4-21-16(20)14-11-13(19-17(2,3)15(14)18)10-12-8-6-5-7-9-12/h5-9,13,19H,4,10-11,18H2,1-3H3. The molecule has 1 unspecified atom stereocenters. The van der Waals surface area contributed by atoms with Crippen molar-refractivity contribution in [2.75, 3.05) is 6.61 Å². The maximum absolute atomic E-state index is 12.1. The summed E-state index contributed by atoms with van der Waals surface area (Å²) in [5.41, 5.74) is 8.20. The molecule has 0 saturated carbocycles. The maximum Gasteiger partial charge on any atom is 0.335 e. The van der Waals surface area contributed by atoms with Gasteiger partial charge < -0.3 is 15.8 Å². The van der Waals surface area contributed by atoms with Crippen LogP contribution in [0.4, 0.5) is 0 Å². The Morgan fingerprint density at radius 2 is 2.05 bits per heavy atom. The van der Waals surface area contributed by atoms with Crippen LogP contribution in [0.15, 0.2) is 41.6 Å². The van der Waals surface area contributed by atoms with Crippen LogP contribution in [0.3, 0.4) is 0 Å². The number of rotatable bonds is 4. The normalized spacial score (nSPS) is 21.2. The second-order valence-electron chi connectivity index (χ2n) is 5.97. The van der Waals surface area contributed by atoms with Crippen molar-refractivity contribution in [3.63, 3.8) is 0 Å². The number of benzene rings is 1. The van der Waals surface area contributed by atoms with Crippen LogP contribution in [0.5, 0.6) is 0 Å². The maximum atomic E-state index is 12.1. The van der Waals surface area contributed by atoms with Crippen molar-refractivity contribution in [2.24, 2.45) is 5.73 Å². The number of hydrogen-bond acceptors (Lipinski definition) is 4. The Balaban J connectivity index is 2.19. The van der Waals surface area contributed by atoms with Crippen LogP contribution in [0.2, 0.25) is 0 Å². The quantitative estimate of drug-likeness (QED) is 0.833. The zero-order valence-corrected chi connectivity index (χ0v) is 13.0. The molecule has 0 saturated heterocycles. The molecule has 114 valence electrons. The molecule has 0 aliphatic carbocycles. The highest BCUT2D eigenvalue weighted by Crippen LogP contribution is 2.27. The fourth-order valence-corrected chi connectivity index (χ4v) is 2.81. The molecule has 1 aromatic rings. The Labute approximate surface area is 126 Å². The van der Waals surface area contributed by atoms with Crippen LogP contribution in [-0.2, 0) is 16.0 Å². The molecule has 4 nitrogen and oxygen atoms in total. The van der Waals surface area contributed by atoms with E-state index in [1.165, 1.54) is 5.56 Å². The van der Waals surface area contributed by atoms with E-state index in [-0.39, 0.29) is 12.0 Å². The van der Waals surface area contributed by atoms with E-state index in [9.17, 15) is 4.79 Å². The van der Waals surface area contributed by atoms with Gasteiger partial charge in [0.15, 0.2) is 0 Å². The van der Waals surface area contributed by atoms with Gasteiger partial charge >= 0.3 is 5.97 Å². The average Bonchev–Trinajstić information content (AvgIpc) is 2.43. The van der Waals surface area contributed by atoms with Gasteiger partial charge in [-0.25, -0.2) is 4.79 Å². The largest absolute Gasteiger partial charge is 0.463 e. The van der Waals surface area contributed by atoms with Crippen molar-refractivity contribution in [1.82, 2.24) is 5.32 Å². The van der Waals surface area contributed by atoms with Crippen molar-refractivity contribution in [2.45, 2.75) is 45.2 Å². The van der Waals surface area contributed by atoms with E-state index in [1.807, 2.05) is 39.0 Å². The van der Waals surface area contributed by atoms with Crippen LogP contribution in [0.25, 0.3) is 0 Å². The third-order valence-corrected chi connectivity index (χ3v) is 3.86. The molecule has 0 spiro atoms. The van der Waals surface area contributed by atoms with Crippen LogP contribution < -0.4 is 11.1 Å². The van der Waals surface area contributed by atoms with Crippen molar-refractivity contribution < 1.29 is 9.53 Å². The molecule has 2 rings (SSSR count). The fourth-order valence-electron chi connectivity index (χ4n) is 2.81. The van der Waals surface area contributed by atoms with Crippen LogP contribution in [-0.4, -0.2) is 24.2 Å². The van der Waals surface area contributed by atoms with E-state index in [4.69, 9.17) is 10.5 Å². The van der Waals surface area contributed by atoms with E-state index in [2.05, 4.69) is 17.4 Å². The predicted octanol–water partition coefficient (Wildman–Crippen LogP) is 2.15. The van der Waals surface area contributed by atoms with E-state index in [0.29, 0.717) is 24.3 Å². The fraction of sp³-hybridized carbons (Fsp3) is 0.471. The van der Waals surface area contributed by atoms with E-state index in [1.54, 1.807) is 0 Å². The zero-order valence-electron chi connectivity index (χ0n) is 13.0. The summed E-state index contributed by atoms with van der Waals surface area (Å²) in [7, 11) is 0. The Morgan fingerprint density at radius 3 is 2.67 bits per heavy atom. The van der Waals surface area contributed by atoms with Gasteiger partial charge in [-0.05, 0) is 39.2 Å². The van der Waals surface area contributed by atoms with Gasteiger partial charge in [0, 0.05) is 11.7 Å². The SMILES string of the molecule is CCOC(=O)C1=C(N)C(C)(C)NC(Cc2ccccc2)C1. The highest BCUT2D eigenvalue weighted by Gasteiger charge is 2.35. The van der Waals surface area contributed by atoms with Crippen molar-refractivity contribution >= 4 is 5.97 Å². The number of nitrogens with one attached hydrogen (secondary N) is 1.